The largest absolute Gasteiger partial charge is 0.493 e. The Labute approximate surface area is 103 Å². The van der Waals surface area contributed by atoms with Gasteiger partial charge in [0.15, 0.2) is 0 Å². The van der Waals surface area contributed by atoms with Crippen molar-refractivity contribution in [3.63, 3.8) is 0 Å². The van der Waals surface area contributed by atoms with Gasteiger partial charge in [-0.25, -0.2) is 0 Å². The molecule has 1 aromatic rings. The molecule has 94 valence electrons. The second-order valence-corrected chi connectivity index (χ2v) is 4.85. The Balaban J connectivity index is 2.01. The van der Waals surface area contributed by atoms with E-state index in [1.165, 1.54) is 11.1 Å². The van der Waals surface area contributed by atoms with Gasteiger partial charge in [-0.05, 0) is 49.4 Å². The van der Waals surface area contributed by atoms with Crippen molar-refractivity contribution in [2.75, 3.05) is 6.61 Å². The van der Waals surface area contributed by atoms with Crippen molar-refractivity contribution in [2.24, 2.45) is 5.73 Å². The Bertz CT molecular complexity index is 376. The lowest BCUT2D eigenvalue weighted by Crippen LogP contribution is -2.17. The van der Waals surface area contributed by atoms with Crippen LogP contribution in [0.1, 0.15) is 43.4 Å². The molecule has 0 fully saturated rings. The van der Waals surface area contributed by atoms with E-state index in [-0.39, 0.29) is 12.1 Å². The number of hydrogen-bond donors (Lipinski definition) is 2. The van der Waals surface area contributed by atoms with Crippen LogP contribution in [-0.4, -0.2) is 17.8 Å². The number of benzene rings is 1. The Hall–Kier alpha value is -1.06. The molecule has 0 radical (unpaired) electrons. The van der Waals surface area contributed by atoms with Crippen molar-refractivity contribution in [3.05, 3.63) is 29.3 Å². The molecule has 1 aromatic carbocycles. The van der Waals surface area contributed by atoms with Crippen LogP contribution in [0.2, 0.25) is 0 Å². The van der Waals surface area contributed by atoms with Gasteiger partial charge in [0.05, 0.1) is 12.7 Å². The average Bonchev–Trinajstić information content (AvgIpc) is 2.29. The molecule has 17 heavy (non-hydrogen) atoms. The first-order valence-corrected chi connectivity index (χ1v) is 6.36. The van der Waals surface area contributed by atoms with Crippen LogP contribution in [0.5, 0.6) is 5.75 Å². The maximum atomic E-state index is 9.16. The molecule has 0 bridgehead atoms. The van der Waals surface area contributed by atoms with Crippen LogP contribution in [0.15, 0.2) is 18.2 Å². The maximum Gasteiger partial charge on any atom is 0.119 e. The maximum absolute atomic E-state index is 9.16. The van der Waals surface area contributed by atoms with Crippen molar-refractivity contribution < 1.29 is 9.84 Å². The van der Waals surface area contributed by atoms with Gasteiger partial charge in [0, 0.05) is 12.5 Å². The third-order valence-electron chi connectivity index (χ3n) is 3.28. The smallest absolute Gasteiger partial charge is 0.119 e. The molecule has 1 aliphatic carbocycles. The summed E-state index contributed by atoms with van der Waals surface area (Å²) in [5.74, 6) is 0.888. The molecule has 3 N–H and O–H groups in total. The number of fused-ring (bicyclic) bond motifs is 1. The summed E-state index contributed by atoms with van der Waals surface area (Å²) >= 11 is 0. The van der Waals surface area contributed by atoms with Crippen LogP contribution in [0.25, 0.3) is 0 Å². The highest BCUT2D eigenvalue weighted by molar-refractivity contribution is 5.38. The van der Waals surface area contributed by atoms with Crippen LogP contribution in [0, 0.1) is 0 Å². The van der Waals surface area contributed by atoms with Gasteiger partial charge in [-0.2, -0.15) is 0 Å². The number of ether oxygens (including phenoxy) is 1. The van der Waals surface area contributed by atoms with Gasteiger partial charge in [-0.15, -0.1) is 0 Å². The third-order valence-corrected chi connectivity index (χ3v) is 3.28. The number of rotatable bonds is 4. The zero-order valence-corrected chi connectivity index (χ0v) is 10.4. The SMILES string of the molecule is CC(O)CCOc1ccc2c(c1)CCCC2N. The van der Waals surface area contributed by atoms with E-state index in [4.69, 9.17) is 15.6 Å². The summed E-state index contributed by atoms with van der Waals surface area (Å²) in [6, 6.07) is 6.34. The fraction of sp³-hybridized carbons (Fsp3) is 0.571. The lowest BCUT2D eigenvalue weighted by molar-refractivity contribution is 0.155. The molecular formula is C14H21NO2. The minimum absolute atomic E-state index is 0.185. The molecule has 3 heteroatoms. The molecular weight excluding hydrogens is 214 g/mol. The Morgan fingerprint density at radius 1 is 1.53 bits per heavy atom. The molecule has 2 atom stereocenters. The van der Waals surface area contributed by atoms with Crippen molar-refractivity contribution in [1.82, 2.24) is 0 Å². The summed E-state index contributed by atoms with van der Waals surface area (Å²) in [6.07, 6.45) is 3.69. The number of aliphatic hydroxyl groups excluding tert-OH is 1. The molecule has 0 saturated carbocycles. The van der Waals surface area contributed by atoms with Gasteiger partial charge >= 0.3 is 0 Å². The second kappa shape index (κ2) is 5.52. The quantitative estimate of drug-likeness (QED) is 0.841. The first kappa shape index (κ1) is 12.4. The normalized spacial score (nSPS) is 20.8. The number of aliphatic hydroxyl groups is 1. The number of aryl methyl sites for hydroxylation is 1. The molecule has 0 saturated heterocycles. The van der Waals surface area contributed by atoms with E-state index in [0.29, 0.717) is 13.0 Å². The van der Waals surface area contributed by atoms with Gasteiger partial charge < -0.3 is 15.6 Å². The molecule has 0 amide bonds. The fourth-order valence-corrected chi connectivity index (χ4v) is 2.27. The lowest BCUT2D eigenvalue weighted by Gasteiger charge is -2.22. The highest BCUT2D eigenvalue weighted by atomic mass is 16.5. The number of hydrogen-bond acceptors (Lipinski definition) is 3. The standard InChI is InChI=1S/C14H21NO2/c1-10(16)7-8-17-12-5-6-13-11(9-12)3-2-4-14(13)15/h5-6,9-10,14,16H,2-4,7-8,15H2,1H3. The minimum atomic E-state index is -0.305. The van der Waals surface area contributed by atoms with Crippen LogP contribution in [-0.2, 0) is 6.42 Å². The first-order chi connectivity index (χ1) is 8.16. The topological polar surface area (TPSA) is 55.5 Å². The minimum Gasteiger partial charge on any atom is -0.493 e. The predicted molar refractivity (Wildman–Crippen MR) is 68.1 cm³/mol. The molecule has 0 heterocycles. The van der Waals surface area contributed by atoms with E-state index in [1.807, 2.05) is 6.07 Å². The molecule has 1 aliphatic rings. The van der Waals surface area contributed by atoms with E-state index in [9.17, 15) is 0 Å². The van der Waals surface area contributed by atoms with Crippen molar-refractivity contribution in [3.8, 4) is 5.75 Å². The molecule has 0 aliphatic heterocycles. The highest BCUT2D eigenvalue weighted by Crippen LogP contribution is 2.30. The van der Waals surface area contributed by atoms with E-state index in [0.717, 1.165) is 25.0 Å². The van der Waals surface area contributed by atoms with E-state index < -0.39 is 0 Å². The number of nitrogens with two attached hydrogens (primary N) is 1. The van der Waals surface area contributed by atoms with Gasteiger partial charge in [0.2, 0.25) is 0 Å². The Morgan fingerprint density at radius 3 is 3.12 bits per heavy atom. The summed E-state index contributed by atoms with van der Waals surface area (Å²) in [5.41, 5.74) is 8.64. The predicted octanol–water partition coefficient (Wildman–Crippen LogP) is 2.17. The van der Waals surface area contributed by atoms with Crippen LogP contribution in [0.3, 0.4) is 0 Å². The molecule has 2 rings (SSSR count). The summed E-state index contributed by atoms with van der Waals surface area (Å²) < 4.78 is 5.62. The summed E-state index contributed by atoms with van der Waals surface area (Å²) in [7, 11) is 0. The van der Waals surface area contributed by atoms with Gasteiger partial charge in [-0.1, -0.05) is 6.07 Å². The fourth-order valence-electron chi connectivity index (χ4n) is 2.27. The second-order valence-electron chi connectivity index (χ2n) is 4.85. The first-order valence-electron chi connectivity index (χ1n) is 6.36. The monoisotopic (exact) mass is 235 g/mol. The van der Waals surface area contributed by atoms with Crippen molar-refractivity contribution in [2.45, 2.75) is 44.8 Å². The van der Waals surface area contributed by atoms with Crippen LogP contribution in [0.4, 0.5) is 0 Å². The Kier molecular flexibility index (Phi) is 4.02. The van der Waals surface area contributed by atoms with Gasteiger partial charge in [-0.3, -0.25) is 0 Å². The van der Waals surface area contributed by atoms with E-state index in [1.54, 1.807) is 6.92 Å². The van der Waals surface area contributed by atoms with Crippen LogP contribution >= 0.6 is 0 Å². The highest BCUT2D eigenvalue weighted by Gasteiger charge is 2.16. The van der Waals surface area contributed by atoms with E-state index in [2.05, 4.69) is 12.1 Å². The van der Waals surface area contributed by atoms with Crippen molar-refractivity contribution in [1.29, 1.82) is 0 Å². The summed E-state index contributed by atoms with van der Waals surface area (Å²) in [5, 5.41) is 9.16. The van der Waals surface area contributed by atoms with Gasteiger partial charge in [0.25, 0.3) is 0 Å². The van der Waals surface area contributed by atoms with E-state index >= 15 is 0 Å². The van der Waals surface area contributed by atoms with Crippen LogP contribution < -0.4 is 10.5 Å². The molecule has 3 nitrogen and oxygen atoms in total. The lowest BCUT2D eigenvalue weighted by atomic mass is 9.88. The van der Waals surface area contributed by atoms with Gasteiger partial charge in [0.1, 0.15) is 5.75 Å². The van der Waals surface area contributed by atoms with Crippen molar-refractivity contribution >= 4 is 0 Å². The zero-order valence-electron chi connectivity index (χ0n) is 10.4. The zero-order chi connectivity index (χ0) is 12.3. The average molecular weight is 235 g/mol. The Morgan fingerprint density at radius 2 is 2.35 bits per heavy atom. The molecule has 2 unspecified atom stereocenters. The summed E-state index contributed by atoms with van der Waals surface area (Å²) in [6.45, 7) is 2.33. The summed E-state index contributed by atoms with van der Waals surface area (Å²) in [4.78, 5) is 0. The molecule has 0 aromatic heterocycles. The molecule has 0 spiro atoms. The third kappa shape index (κ3) is 3.20.